The van der Waals surface area contributed by atoms with Gasteiger partial charge in [-0.25, -0.2) is 4.98 Å². The van der Waals surface area contributed by atoms with Gasteiger partial charge >= 0.3 is 6.18 Å². The Balaban J connectivity index is 2.24. The molecular formula is C13H19F3N2OS. The van der Waals surface area contributed by atoms with Crippen molar-refractivity contribution in [2.75, 3.05) is 13.7 Å². The fourth-order valence-corrected chi connectivity index (χ4v) is 3.49. The first-order valence-electron chi connectivity index (χ1n) is 6.74. The molecule has 0 aromatic carbocycles. The number of ether oxygens (including phenoxy) is 1. The number of hydrogen-bond acceptors (Lipinski definition) is 4. The van der Waals surface area contributed by atoms with E-state index in [0.717, 1.165) is 32.2 Å². The Hall–Kier alpha value is -0.660. The lowest BCUT2D eigenvalue weighted by molar-refractivity contribution is -0.137. The molecule has 1 fully saturated rings. The normalized spacial score (nSPS) is 19.6. The maximum absolute atomic E-state index is 12.7. The van der Waals surface area contributed by atoms with Crippen molar-refractivity contribution in [2.24, 2.45) is 0 Å². The van der Waals surface area contributed by atoms with Crippen molar-refractivity contribution >= 4 is 11.3 Å². The van der Waals surface area contributed by atoms with Crippen LogP contribution in [0.2, 0.25) is 0 Å². The summed E-state index contributed by atoms with van der Waals surface area (Å²) < 4.78 is 43.7. The summed E-state index contributed by atoms with van der Waals surface area (Å²) >= 11 is 0.711. The zero-order valence-electron chi connectivity index (χ0n) is 11.6. The highest BCUT2D eigenvalue weighted by molar-refractivity contribution is 7.11. The average molecular weight is 308 g/mol. The van der Waals surface area contributed by atoms with Gasteiger partial charge in [0, 0.05) is 18.2 Å². The highest BCUT2D eigenvalue weighted by atomic mass is 32.1. The monoisotopic (exact) mass is 308 g/mol. The lowest BCUT2D eigenvalue weighted by Gasteiger charge is -2.46. The minimum atomic E-state index is -4.38. The van der Waals surface area contributed by atoms with Gasteiger partial charge in [0.15, 0.2) is 5.01 Å². The van der Waals surface area contributed by atoms with Crippen LogP contribution in [0.25, 0.3) is 0 Å². The van der Waals surface area contributed by atoms with Crippen LogP contribution in [0.3, 0.4) is 0 Å². The van der Waals surface area contributed by atoms with E-state index in [9.17, 15) is 13.2 Å². The van der Waals surface area contributed by atoms with Crippen LogP contribution in [0.1, 0.15) is 48.5 Å². The number of rotatable bonds is 6. The van der Waals surface area contributed by atoms with E-state index in [-0.39, 0.29) is 11.6 Å². The Bertz CT molecular complexity index is 438. The van der Waals surface area contributed by atoms with Crippen LogP contribution in [-0.2, 0) is 10.9 Å². The molecule has 1 unspecified atom stereocenters. The fourth-order valence-electron chi connectivity index (χ4n) is 2.52. The van der Waals surface area contributed by atoms with Gasteiger partial charge in [0.05, 0.1) is 11.6 Å². The molecule has 1 heterocycles. The number of thiazole rings is 1. The van der Waals surface area contributed by atoms with Crippen LogP contribution in [-0.4, -0.2) is 24.2 Å². The molecular weight excluding hydrogens is 289 g/mol. The minimum absolute atomic E-state index is 0.213. The molecule has 1 aliphatic rings. The van der Waals surface area contributed by atoms with Crippen molar-refractivity contribution in [1.29, 1.82) is 0 Å². The Morgan fingerprint density at radius 2 is 2.20 bits per heavy atom. The lowest BCUT2D eigenvalue weighted by Crippen LogP contribution is -2.50. The molecule has 20 heavy (non-hydrogen) atoms. The van der Waals surface area contributed by atoms with Crippen molar-refractivity contribution in [1.82, 2.24) is 10.3 Å². The molecule has 0 spiro atoms. The van der Waals surface area contributed by atoms with Crippen LogP contribution >= 0.6 is 11.3 Å². The molecule has 0 bridgehead atoms. The molecule has 1 N–H and O–H groups in total. The Morgan fingerprint density at radius 1 is 1.50 bits per heavy atom. The average Bonchev–Trinajstić information content (AvgIpc) is 2.81. The van der Waals surface area contributed by atoms with Crippen LogP contribution in [0.5, 0.6) is 0 Å². The van der Waals surface area contributed by atoms with Crippen LogP contribution in [0.4, 0.5) is 13.2 Å². The molecule has 0 aliphatic heterocycles. The van der Waals surface area contributed by atoms with Gasteiger partial charge in [0.1, 0.15) is 0 Å². The van der Waals surface area contributed by atoms with Gasteiger partial charge in [-0.3, -0.25) is 0 Å². The largest absolute Gasteiger partial charge is 0.443 e. The number of nitrogens with one attached hydrogen (secondary N) is 1. The third-order valence-electron chi connectivity index (χ3n) is 3.78. The summed E-state index contributed by atoms with van der Waals surface area (Å²) in [5.74, 6) is 0. The Kier molecular flexibility index (Phi) is 4.71. The van der Waals surface area contributed by atoms with E-state index >= 15 is 0 Å². The Morgan fingerprint density at radius 3 is 2.60 bits per heavy atom. The summed E-state index contributed by atoms with van der Waals surface area (Å²) in [6, 6.07) is -0.213. The lowest BCUT2D eigenvalue weighted by atomic mass is 9.74. The standard InChI is InChI=1S/C13H19F3N2OS/c1-3-7-17-10(12(19-2)5-4-6-12)9-8-18-11(20-9)13(14,15)16/h8,10,17H,3-7H2,1-2H3. The smallest absolute Gasteiger partial charge is 0.376 e. The second-order valence-electron chi connectivity index (χ2n) is 5.08. The van der Waals surface area contributed by atoms with E-state index in [4.69, 9.17) is 4.74 Å². The topological polar surface area (TPSA) is 34.2 Å². The predicted molar refractivity (Wildman–Crippen MR) is 71.7 cm³/mol. The maximum atomic E-state index is 12.7. The van der Waals surface area contributed by atoms with Crippen molar-refractivity contribution in [3.63, 3.8) is 0 Å². The van der Waals surface area contributed by atoms with Gasteiger partial charge < -0.3 is 10.1 Å². The molecule has 7 heteroatoms. The molecule has 0 amide bonds. The van der Waals surface area contributed by atoms with Gasteiger partial charge in [-0.2, -0.15) is 13.2 Å². The number of methoxy groups -OCH3 is 1. The summed E-state index contributed by atoms with van der Waals surface area (Å²) in [5, 5.41) is 2.53. The van der Waals surface area contributed by atoms with Crippen LogP contribution in [0, 0.1) is 0 Å². The summed E-state index contributed by atoms with van der Waals surface area (Å²) in [5.41, 5.74) is -0.384. The highest BCUT2D eigenvalue weighted by Gasteiger charge is 2.46. The number of alkyl halides is 3. The van der Waals surface area contributed by atoms with E-state index in [0.29, 0.717) is 16.2 Å². The molecule has 0 radical (unpaired) electrons. The molecule has 1 aromatic heterocycles. The molecule has 3 nitrogen and oxygen atoms in total. The van der Waals surface area contributed by atoms with Crippen LogP contribution in [0.15, 0.2) is 6.20 Å². The van der Waals surface area contributed by atoms with Crippen LogP contribution < -0.4 is 5.32 Å². The van der Waals surface area contributed by atoms with E-state index in [1.165, 1.54) is 6.20 Å². The molecule has 1 saturated carbocycles. The van der Waals surface area contributed by atoms with E-state index < -0.39 is 11.2 Å². The quantitative estimate of drug-likeness (QED) is 0.868. The Labute approximate surface area is 120 Å². The third-order valence-corrected chi connectivity index (χ3v) is 4.89. The minimum Gasteiger partial charge on any atom is -0.376 e. The molecule has 0 saturated heterocycles. The summed E-state index contributed by atoms with van der Waals surface area (Å²) in [6.45, 7) is 2.77. The number of halogens is 3. The SMILES string of the molecule is CCCNC(c1cnc(C(F)(F)F)s1)C1(OC)CCC1. The number of hydrogen-bond donors (Lipinski definition) is 1. The summed E-state index contributed by atoms with van der Waals surface area (Å²) in [6.07, 6.45) is 0.649. The summed E-state index contributed by atoms with van der Waals surface area (Å²) in [4.78, 5) is 4.12. The van der Waals surface area contributed by atoms with E-state index in [1.807, 2.05) is 6.92 Å². The number of aromatic nitrogens is 1. The maximum Gasteiger partial charge on any atom is 0.443 e. The molecule has 1 aliphatic carbocycles. The van der Waals surface area contributed by atoms with Crippen molar-refractivity contribution in [3.05, 3.63) is 16.1 Å². The first-order valence-corrected chi connectivity index (χ1v) is 7.56. The van der Waals surface area contributed by atoms with Gasteiger partial charge in [0.25, 0.3) is 0 Å². The molecule has 114 valence electrons. The second-order valence-corrected chi connectivity index (χ2v) is 6.14. The van der Waals surface area contributed by atoms with Gasteiger partial charge in [-0.05, 0) is 32.2 Å². The van der Waals surface area contributed by atoms with Gasteiger partial charge in [0.2, 0.25) is 0 Å². The highest BCUT2D eigenvalue weighted by Crippen LogP contribution is 2.47. The fraction of sp³-hybridized carbons (Fsp3) is 0.769. The first kappa shape index (κ1) is 15.7. The second kappa shape index (κ2) is 5.99. The summed E-state index contributed by atoms with van der Waals surface area (Å²) in [7, 11) is 1.63. The third kappa shape index (κ3) is 2.99. The van der Waals surface area contributed by atoms with Crippen molar-refractivity contribution in [3.8, 4) is 0 Å². The van der Waals surface area contributed by atoms with E-state index in [1.54, 1.807) is 7.11 Å². The zero-order chi connectivity index (χ0) is 14.8. The molecule has 1 aromatic rings. The van der Waals surface area contributed by atoms with Crippen molar-refractivity contribution < 1.29 is 17.9 Å². The predicted octanol–water partition coefficient (Wildman–Crippen LogP) is 3.77. The van der Waals surface area contributed by atoms with Crippen molar-refractivity contribution in [2.45, 2.75) is 50.4 Å². The van der Waals surface area contributed by atoms with E-state index in [2.05, 4.69) is 10.3 Å². The first-order chi connectivity index (χ1) is 9.43. The van der Waals surface area contributed by atoms with Gasteiger partial charge in [-0.1, -0.05) is 6.92 Å². The molecule has 1 atom stereocenters. The molecule has 2 rings (SSSR count). The zero-order valence-corrected chi connectivity index (χ0v) is 12.4. The van der Waals surface area contributed by atoms with Gasteiger partial charge in [-0.15, -0.1) is 11.3 Å². The number of nitrogens with zero attached hydrogens (tertiary/aromatic N) is 1.